The molecule has 1 saturated carbocycles. The summed E-state index contributed by atoms with van der Waals surface area (Å²) in [4.78, 5) is 46.2. The van der Waals surface area contributed by atoms with E-state index >= 15 is 0 Å². The normalized spacial score (nSPS) is 18.4. The monoisotopic (exact) mass is 529 g/mol. The van der Waals surface area contributed by atoms with Crippen molar-refractivity contribution < 1.29 is 19.5 Å². The molecule has 3 N–H and O–H groups in total. The quantitative estimate of drug-likeness (QED) is 0.345. The van der Waals surface area contributed by atoms with Gasteiger partial charge in [-0.3, -0.25) is 25.3 Å². The molecule has 1 aliphatic carbocycles. The van der Waals surface area contributed by atoms with Gasteiger partial charge in [-0.1, -0.05) is 48.9 Å². The van der Waals surface area contributed by atoms with Gasteiger partial charge in [0.1, 0.15) is 16.5 Å². The lowest BCUT2D eigenvalue weighted by Gasteiger charge is -2.45. The zero-order valence-corrected chi connectivity index (χ0v) is 23.0. The molecule has 10 heteroatoms. The number of hydrogen-bond acceptors (Lipinski definition) is 5. The Bertz CT molecular complexity index is 1150. The number of rotatable bonds is 8. The number of carboxylic acid groups (broad SMARTS) is 1. The number of hydrogen-bond donors (Lipinski definition) is 3. The van der Waals surface area contributed by atoms with Crippen LogP contribution in [-0.2, 0) is 11.2 Å². The Kier molecular flexibility index (Phi) is 8.37. The average Bonchev–Trinajstić information content (AvgIpc) is 3.49. The number of aromatic nitrogens is 1. The predicted molar refractivity (Wildman–Crippen MR) is 144 cm³/mol. The molecular formula is C27H36ClN5O4. The summed E-state index contributed by atoms with van der Waals surface area (Å²) < 4.78 is 0. The van der Waals surface area contributed by atoms with Crippen LogP contribution >= 0.6 is 11.6 Å². The van der Waals surface area contributed by atoms with Crippen molar-refractivity contribution in [2.75, 3.05) is 18.5 Å². The van der Waals surface area contributed by atoms with E-state index in [9.17, 15) is 19.5 Å². The minimum atomic E-state index is -1.53. The van der Waals surface area contributed by atoms with E-state index in [1.165, 1.54) is 6.07 Å². The largest absolute Gasteiger partial charge is 0.465 e. The van der Waals surface area contributed by atoms with Crippen molar-refractivity contribution >= 4 is 35.3 Å². The summed E-state index contributed by atoms with van der Waals surface area (Å²) in [6.45, 7) is 9.71. The van der Waals surface area contributed by atoms with E-state index in [-0.39, 0.29) is 17.1 Å². The van der Waals surface area contributed by atoms with Gasteiger partial charge in [0.15, 0.2) is 0 Å². The summed E-state index contributed by atoms with van der Waals surface area (Å²) in [7, 11) is 1.90. The fraction of sp³-hybridized carbons (Fsp3) is 0.481. The van der Waals surface area contributed by atoms with Crippen LogP contribution in [0.2, 0.25) is 5.15 Å². The third-order valence-corrected chi connectivity index (χ3v) is 6.94. The molecule has 0 radical (unpaired) electrons. The van der Waals surface area contributed by atoms with Crippen molar-refractivity contribution in [3.05, 3.63) is 58.7 Å². The van der Waals surface area contributed by atoms with Gasteiger partial charge in [0.25, 0.3) is 11.8 Å². The molecule has 0 spiro atoms. The number of nitrogens with one attached hydrogen (secondary N) is 2. The maximum Gasteiger partial charge on any atom is 0.408 e. The van der Waals surface area contributed by atoms with E-state index in [1.807, 2.05) is 42.3 Å². The molecule has 1 fully saturated rings. The lowest BCUT2D eigenvalue weighted by Crippen LogP contribution is -2.67. The highest BCUT2D eigenvalue weighted by Crippen LogP contribution is 2.38. The number of halogens is 1. The number of nitrogens with zero attached hydrogens (tertiary/aromatic N) is 3. The summed E-state index contributed by atoms with van der Waals surface area (Å²) in [5, 5.41) is 10.2. The van der Waals surface area contributed by atoms with Gasteiger partial charge >= 0.3 is 6.09 Å². The van der Waals surface area contributed by atoms with Crippen molar-refractivity contribution in [3.63, 3.8) is 0 Å². The maximum absolute atomic E-state index is 13.5. The van der Waals surface area contributed by atoms with Crippen LogP contribution in [0.4, 0.5) is 10.6 Å². The Morgan fingerprint density at radius 1 is 1.11 bits per heavy atom. The van der Waals surface area contributed by atoms with Gasteiger partial charge in [0.2, 0.25) is 0 Å². The highest BCUT2D eigenvalue weighted by Gasteiger charge is 2.47. The molecule has 1 aliphatic rings. The fourth-order valence-electron chi connectivity index (χ4n) is 4.72. The first kappa shape index (κ1) is 28.2. The highest BCUT2D eigenvalue weighted by molar-refractivity contribution is 6.30. The molecular weight excluding hydrogens is 494 g/mol. The van der Waals surface area contributed by atoms with Crippen LogP contribution in [0.15, 0.2) is 42.5 Å². The van der Waals surface area contributed by atoms with Crippen LogP contribution < -0.4 is 15.8 Å². The number of benzene rings is 1. The number of anilines is 1. The van der Waals surface area contributed by atoms with Crippen molar-refractivity contribution in [1.29, 1.82) is 0 Å². The first-order valence-corrected chi connectivity index (χ1v) is 12.7. The molecule has 1 aromatic heterocycles. The van der Waals surface area contributed by atoms with Crippen LogP contribution in [0, 0.1) is 11.8 Å². The molecule has 0 bridgehead atoms. The van der Waals surface area contributed by atoms with Gasteiger partial charge in [-0.15, -0.1) is 0 Å². The third kappa shape index (κ3) is 6.91. The molecule has 1 heterocycles. The summed E-state index contributed by atoms with van der Waals surface area (Å²) in [6, 6.07) is 12.2. The second kappa shape index (κ2) is 11.0. The van der Waals surface area contributed by atoms with Gasteiger partial charge in [-0.2, -0.15) is 0 Å². The molecule has 3 rings (SSSR count). The zero-order chi connectivity index (χ0) is 27.5. The van der Waals surface area contributed by atoms with E-state index in [0.29, 0.717) is 17.7 Å². The Morgan fingerprint density at radius 3 is 2.27 bits per heavy atom. The van der Waals surface area contributed by atoms with E-state index in [4.69, 9.17) is 11.6 Å². The smallest absolute Gasteiger partial charge is 0.408 e. The van der Waals surface area contributed by atoms with Crippen LogP contribution in [0.1, 0.15) is 57.0 Å². The van der Waals surface area contributed by atoms with Gasteiger partial charge in [-0.25, -0.2) is 9.78 Å². The van der Waals surface area contributed by atoms with Gasteiger partial charge in [0, 0.05) is 31.1 Å². The number of hydrazine groups is 1. The summed E-state index contributed by atoms with van der Waals surface area (Å²) in [6.07, 6.45) is 0.0221. The SMILES string of the molecule is CC1CC1CN(C)c1cc(C(=O)NNC(=O)[C@@](C)(Cc2ccccc2)N(C(=O)O)C(C)(C)C)cc(Cl)n1. The Balaban J connectivity index is 1.80. The van der Waals surface area contributed by atoms with Crippen LogP contribution in [0.25, 0.3) is 0 Å². The predicted octanol–water partition coefficient (Wildman–Crippen LogP) is 4.37. The molecule has 3 amide bonds. The molecule has 3 atom stereocenters. The molecule has 37 heavy (non-hydrogen) atoms. The van der Waals surface area contributed by atoms with Crippen molar-refractivity contribution in [3.8, 4) is 0 Å². The lowest BCUT2D eigenvalue weighted by atomic mass is 9.86. The van der Waals surface area contributed by atoms with Gasteiger partial charge < -0.3 is 10.0 Å². The Hall–Kier alpha value is -3.33. The lowest BCUT2D eigenvalue weighted by molar-refractivity contribution is -0.135. The maximum atomic E-state index is 13.5. The number of amides is 3. The second-order valence-corrected chi connectivity index (χ2v) is 11.4. The Labute approximate surface area is 223 Å². The van der Waals surface area contributed by atoms with Gasteiger partial charge in [0.05, 0.1) is 0 Å². The number of carbonyl (C=O) groups excluding carboxylic acids is 2. The summed E-state index contributed by atoms with van der Waals surface area (Å²) in [5.74, 6) is 0.559. The molecule has 0 aliphatic heterocycles. The van der Waals surface area contributed by atoms with Crippen LogP contribution in [-0.4, -0.2) is 57.6 Å². The first-order chi connectivity index (χ1) is 17.2. The Morgan fingerprint density at radius 2 is 1.73 bits per heavy atom. The van der Waals surface area contributed by atoms with Gasteiger partial charge in [-0.05, 0) is 63.6 Å². The third-order valence-electron chi connectivity index (χ3n) is 6.74. The molecule has 200 valence electrons. The zero-order valence-electron chi connectivity index (χ0n) is 22.2. The summed E-state index contributed by atoms with van der Waals surface area (Å²) >= 11 is 6.19. The highest BCUT2D eigenvalue weighted by atomic mass is 35.5. The molecule has 1 aromatic carbocycles. The minimum Gasteiger partial charge on any atom is -0.465 e. The number of pyridine rings is 1. The fourth-order valence-corrected chi connectivity index (χ4v) is 4.93. The number of carbonyl (C=O) groups is 3. The molecule has 9 nitrogen and oxygen atoms in total. The van der Waals surface area contributed by atoms with Crippen LogP contribution in [0.3, 0.4) is 0 Å². The van der Waals surface area contributed by atoms with E-state index < -0.39 is 29.0 Å². The topological polar surface area (TPSA) is 115 Å². The van der Waals surface area contributed by atoms with E-state index in [1.54, 1.807) is 33.8 Å². The first-order valence-electron chi connectivity index (χ1n) is 12.3. The van der Waals surface area contributed by atoms with Crippen molar-refractivity contribution in [2.24, 2.45) is 11.8 Å². The van der Waals surface area contributed by atoms with E-state index in [2.05, 4.69) is 22.8 Å². The molecule has 2 aromatic rings. The molecule has 2 unspecified atom stereocenters. The van der Waals surface area contributed by atoms with E-state index in [0.717, 1.165) is 23.4 Å². The van der Waals surface area contributed by atoms with Crippen molar-refractivity contribution in [2.45, 2.75) is 58.5 Å². The standard InChI is InChI=1S/C27H36ClN5O4/c1-17-12-20(17)16-32(6)22-14-19(13-21(28)29-22)23(34)30-31-24(35)27(5,15-18-10-8-7-9-11-18)33(25(36)37)26(2,3)4/h7-11,13-14,17,20H,12,15-16H2,1-6H3,(H,30,34)(H,31,35)(H,36,37)/t17?,20?,27-/m1/s1. The average molecular weight is 530 g/mol. The van der Waals surface area contributed by atoms with Crippen LogP contribution in [0.5, 0.6) is 0 Å². The van der Waals surface area contributed by atoms with Crippen molar-refractivity contribution in [1.82, 2.24) is 20.7 Å². The minimum absolute atomic E-state index is 0.106. The molecule has 0 saturated heterocycles. The second-order valence-electron chi connectivity index (χ2n) is 11.0. The summed E-state index contributed by atoms with van der Waals surface area (Å²) in [5.41, 5.74) is 3.45.